The van der Waals surface area contributed by atoms with Crippen LogP contribution in [0.15, 0.2) is 0 Å². The summed E-state index contributed by atoms with van der Waals surface area (Å²) < 4.78 is 0. The Balaban J connectivity index is 2.53. The molecule has 49 valence electrons. The van der Waals surface area contributed by atoms with Crippen molar-refractivity contribution in [3.8, 4) is 0 Å². The van der Waals surface area contributed by atoms with Gasteiger partial charge in [0.2, 0.25) is 0 Å². The second-order valence-electron chi connectivity index (χ2n) is 2.12. The van der Waals surface area contributed by atoms with Gasteiger partial charge in [0.15, 0.2) is 0 Å². The third-order valence-electron chi connectivity index (χ3n) is 1.25. The molecule has 0 fully saturated rings. The molecule has 1 heteroatoms. The Morgan fingerprint density at radius 2 is 1.62 bits per heavy atom. The van der Waals surface area contributed by atoms with Crippen LogP contribution in [0.25, 0.3) is 0 Å². The van der Waals surface area contributed by atoms with Crippen LogP contribution in [0, 0.1) is 0 Å². The molecule has 0 bridgehead atoms. The number of hydrogen-bond acceptors (Lipinski definition) is 0. The monoisotopic (exact) mass is 197 g/mol. The van der Waals surface area contributed by atoms with E-state index >= 15 is 0 Å². The predicted molar refractivity (Wildman–Crippen MR) is 33.6 cm³/mol. The van der Waals surface area contributed by atoms with Gasteiger partial charge in [0.1, 0.15) is 0 Å². The van der Waals surface area contributed by atoms with E-state index in [1.54, 1.807) is 0 Å². The summed E-state index contributed by atoms with van der Waals surface area (Å²) in [6, 6.07) is 0. The van der Waals surface area contributed by atoms with Crippen LogP contribution in [0.4, 0.5) is 0 Å². The van der Waals surface area contributed by atoms with E-state index in [-0.39, 0.29) is 0 Å². The van der Waals surface area contributed by atoms with E-state index in [0.29, 0.717) is 0 Å². The summed E-state index contributed by atoms with van der Waals surface area (Å²) in [6.07, 6.45) is 7.13. The summed E-state index contributed by atoms with van der Waals surface area (Å²) in [5, 5.41) is 0. The van der Waals surface area contributed by atoms with Crippen molar-refractivity contribution in [2.24, 2.45) is 0 Å². The third kappa shape index (κ3) is 6.69. The normalized spacial score (nSPS) is 9.62. The fourth-order valence-corrected chi connectivity index (χ4v) is 1.21. The van der Waals surface area contributed by atoms with Crippen LogP contribution in [0.3, 0.4) is 0 Å². The number of unbranched alkanes of at least 4 members (excludes halogenated alkanes) is 4. The Morgan fingerprint density at radius 3 is 2.12 bits per heavy atom. The van der Waals surface area contributed by atoms with Crippen LogP contribution >= 0.6 is 0 Å². The Morgan fingerprint density at radius 1 is 1.00 bits per heavy atom. The van der Waals surface area contributed by atoms with Crippen LogP contribution in [0.1, 0.15) is 39.0 Å². The minimum atomic E-state index is 1.37. The maximum absolute atomic E-state index is 2.26. The molecule has 0 aliphatic heterocycles. The Kier molecular flexibility index (Phi) is 8.35. The van der Waals surface area contributed by atoms with Gasteiger partial charge in [-0.3, -0.25) is 0 Å². The molecular weight excluding hydrogens is 180 g/mol. The van der Waals surface area contributed by atoms with E-state index in [1.165, 1.54) is 36.9 Å². The van der Waals surface area contributed by atoms with Gasteiger partial charge in [0, 0.05) is 0 Å². The van der Waals surface area contributed by atoms with Gasteiger partial charge >= 0.3 is 63.7 Å². The van der Waals surface area contributed by atoms with Crippen molar-refractivity contribution < 1.29 is 19.8 Å². The molecule has 0 aromatic carbocycles. The molecule has 0 radical (unpaired) electrons. The fraction of sp³-hybridized carbons (Fsp3) is 1.00. The van der Waals surface area contributed by atoms with Crippen molar-refractivity contribution >= 4 is 0 Å². The van der Waals surface area contributed by atoms with Crippen molar-refractivity contribution in [3.63, 3.8) is 0 Å². The molecular formula is C7H15Mo. The van der Waals surface area contributed by atoms with Gasteiger partial charge in [-0.1, -0.05) is 0 Å². The van der Waals surface area contributed by atoms with Crippen molar-refractivity contribution in [2.75, 3.05) is 0 Å². The van der Waals surface area contributed by atoms with Crippen LogP contribution < -0.4 is 0 Å². The summed E-state index contributed by atoms with van der Waals surface area (Å²) in [5.74, 6) is 0. The summed E-state index contributed by atoms with van der Waals surface area (Å²) in [7, 11) is 0. The van der Waals surface area contributed by atoms with E-state index in [0.717, 1.165) is 0 Å². The molecule has 0 aromatic rings. The van der Waals surface area contributed by atoms with E-state index in [2.05, 4.69) is 26.7 Å². The summed E-state index contributed by atoms with van der Waals surface area (Å²) in [4.78, 5) is 1.37. The van der Waals surface area contributed by atoms with Gasteiger partial charge in [-0.15, -0.1) is 0 Å². The minimum absolute atomic E-state index is 1.37. The zero-order valence-electron chi connectivity index (χ0n) is 5.65. The second kappa shape index (κ2) is 7.69. The average Bonchev–Trinajstić information content (AvgIpc) is 1.81. The van der Waals surface area contributed by atoms with Crippen LogP contribution in [0.2, 0.25) is 4.81 Å². The molecule has 0 unspecified atom stereocenters. The Bertz CT molecular complexity index is 29.4. The average molecular weight is 195 g/mol. The van der Waals surface area contributed by atoms with Crippen molar-refractivity contribution in [3.05, 3.63) is 0 Å². The van der Waals surface area contributed by atoms with E-state index in [9.17, 15) is 0 Å². The maximum atomic E-state index is 2.26. The molecule has 0 saturated heterocycles. The van der Waals surface area contributed by atoms with Crippen molar-refractivity contribution in [1.82, 2.24) is 0 Å². The molecule has 0 N–H and O–H groups in total. The standard InChI is InChI=1S/C7H15.Mo/c1-3-5-7-6-4-2;/h1,3-7H2,2H3;. The van der Waals surface area contributed by atoms with Gasteiger partial charge in [-0.05, 0) is 0 Å². The first-order valence-electron chi connectivity index (χ1n) is 3.50. The van der Waals surface area contributed by atoms with Gasteiger partial charge in [-0.25, -0.2) is 0 Å². The third-order valence-corrected chi connectivity index (χ3v) is 1.96. The van der Waals surface area contributed by atoms with E-state index in [1.807, 2.05) is 0 Å². The molecule has 0 heterocycles. The summed E-state index contributed by atoms with van der Waals surface area (Å²) in [6.45, 7) is 2.26. The molecule has 0 aromatic heterocycles. The second-order valence-corrected chi connectivity index (χ2v) is 3.12. The van der Waals surface area contributed by atoms with Crippen molar-refractivity contribution in [2.45, 2.75) is 43.8 Å². The van der Waals surface area contributed by atoms with Gasteiger partial charge in [0.05, 0.1) is 0 Å². The van der Waals surface area contributed by atoms with Gasteiger partial charge in [0.25, 0.3) is 0 Å². The van der Waals surface area contributed by atoms with Crippen LogP contribution in [-0.4, -0.2) is 0 Å². The molecule has 0 spiro atoms. The molecule has 0 aliphatic rings. The van der Waals surface area contributed by atoms with Gasteiger partial charge in [-0.2, -0.15) is 0 Å². The first-order valence-corrected chi connectivity index (χ1v) is 4.91. The molecule has 0 rings (SSSR count). The Labute approximate surface area is 64.0 Å². The first-order chi connectivity index (χ1) is 3.91. The SMILES string of the molecule is CCCCCC[CH2][Mo]. The van der Waals surface area contributed by atoms with Crippen molar-refractivity contribution in [1.29, 1.82) is 0 Å². The van der Waals surface area contributed by atoms with E-state index < -0.39 is 0 Å². The van der Waals surface area contributed by atoms with Crippen LogP contribution in [0.5, 0.6) is 0 Å². The van der Waals surface area contributed by atoms with E-state index in [4.69, 9.17) is 0 Å². The summed E-state index contributed by atoms with van der Waals surface area (Å²) in [5.41, 5.74) is 0. The first kappa shape index (κ1) is 8.69. The molecule has 0 amide bonds. The molecule has 0 saturated carbocycles. The fourth-order valence-electron chi connectivity index (χ4n) is 0.706. The van der Waals surface area contributed by atoms with Crippen LogP contribution in [-0.2, 0) is 19.8 Å². The number of rotatable bonds is 5. The topological polar surface area (TPSA) is 0 Å². The quantitative estimate of drug-likeness (QED) is 0.467. The van der Waals surface area contributed by atoms with Gasteiger partial charge < -0.3 is 0 Å². The molecule has 0 aliphatic carbocycles. The number of hydrogen-bond donors (Lipinski definition) is 0. The Hall–Kier alpha value is 0.688. The molecule has 0 atom stereocenters. The zero-order chi connectivity index (χ0) is 6.24. The predicted octanol–water partition coefficient (Wildman–Crippen LogP) is 2.92. The summed E-state index contributed by atoms with van der Waals surface area (Å²) >= 11 is 2.19. The molecule has 0 nitrogen and oxygen atoms in total. The zero-order valence-corrected chi connectivity index (χ0v) is 7.66. The molecule has 8 heavy (non-hydrogen) atoms.